The van der Waals surface area contributed by atoms with Crippen LogP contribution in [0.4, 0.5) is 5.69 Å². The Morgan fingerprint density at radius 2 is 1.76 bits per heavy atom. The predicted molar refractivity (Wildman–Crippen MR) is 83.9 cm³/mol. The van der Waals surface area contributed by atoms with Gasteiger partial charge in [0.25, 0.3) is 0 Å². The van der Waals surface area contributed by atoms with Crippen LogP contribution in [0.2, 0.25) is 0 Å². The average Bonchev–Trinajstić information content (AvgIpc) is 3.19. The number of aliphatic carboxylic acids is 1. The number of aryl methyl sites for hydroxylation is 2. The van der Waals surface area contributed by atoms with Crippen LogP contribution in [-0.4, -0.2) is 35.7 Å². The lowest BCUT2D eigenvalue weighted by Crippen LogP contribution is -2.50. The topological polar surface area (TPSA) is 52.6 Å². The van der Waals surface area contributed by atoms with Gasteiger partial charge in [-0.3, -0.25) is 10.1 Å². The van der Waals surface area contributed by atoms with Crippen molar-refractivity contribution in [1.82, 2.24) is 5.32 Å². The van der Waals surface area contributed by atoms with Crippen LogP contribution < -0.4 is 10.2 Å². The van der Waals surface area contributed by atoms with Gasteiger partial charge in [0, 0.05) is 24.8 Å². The summed E-state index contributed by atoms with van der Waals surface area (Å²) in [7, 11) is 0. The lowest BCUT2D eigenvalue weighted by molar-refractivity contribution is -0.141. The van der Waals surface area contributed by atoms with Gasteiger partial charge in [0.1, 0.15) is 5.54 Å². The molecule has 3 rings (SSSR count). The molecule has 1 saturated carbocycles. The number of anilines is 1. The van der Waals surface area contributed by atoms with Gasteiger partial charge >= 0.3 is 5.97 Å². The fourth-order valence-electron chi connectivity index (χ4n) is 3.35. The maximum absolute atomic E-state index is 11.2. The van der Waals surface area contributed by atoms with Crippen molar-refractivity contribution in [3.63, 3.8) is 0 Å². The number of hydrogen-bond donors (Lipinski definition) is 2. The third-order valence-electron chi connectivity index (χ3n) is 4.71. The minimum atomic E-state index is -0.681. The van der Waals surface area contributed by atoms with E-state index in [1.54, 1.807) is 0 Å². The van der Waals surface area contributed by atoms with E-state index in [0.29, 0.717) is 6.04 Å². The van der Waals surface area contributed by atoms with Crippen LogP contribution in [0.25, 0.3) is 0 Å². The Morgan fingerprint density at radius 1 is 1.19 bits per heavy atom. The molecule has 1 heterocycles. The van der Waals surface area contributed by atoms with E-state index in [2.05, 4.69) is 42.3 Å². The Hall–Kier alpha value is -1.55. The monoisotopic (exact) mass is 288 g/mol. The van der Waals surface area contributed by atoms with Crippen molar-refractivity contribution in [2.45, 2.75) is 51.1 Å². The summed E-state index contributed by atoms with van der Waals surface area (Å²) in [5.74, 6) is -0.681. The summed E-state index contributed by atoms with van der Waals surface area (Å²) >= 11 is 0. The number of piperidine rings is 1. The van der Waals surface area contributed by atoms with E-state index >= 15 is 0 Å². The summed E-state index contributed by atoms with van der Waals surface area (Å²) in [6.07, 6.45) is 3.59. The van der Waals surface area contributed by atoms with Gasteiger partial charge in [0.05, 0.1) is 0 Å². The molecule has 21 heavy (non-hydrogen) atoms. The van der Waals surface area contributed by atoms with E-state index in [-0.39, 0.29) is 0 Å². The molecule has 1 aliphatic heterocycles. The van der Waals surface area contributed by atoms with Crippen molar-refractivity contribution in [2.75, 3.05) is 18.0 Å². The van der Waals surface area contributed by atoms with Crippen molar-refractivity contribution >= 4 is 11.7 Å². The Kier molecular flexibility index (Phi) is 3.66. The minimum absolute atomic E-state index is 0.339. The molecule has 2 aliphatic rings. The molecule has 1 aromatic rings. The van der Waals surface area contributed by atoms with Crippen molar-refractivity contribution in [1.29, 1.82) is 0 Å². The summed E-state index contributed by atoms with van der Waals surface area (Å²) < 4.78 is 0. The second kappa shape index (κ2) is 5.34. The fourth-order valence-corrected chi connectivity index (χ4v) is 3.35. The highest BCUT2D eigenvalue weighted by Gasteiger charge is 2.51. The van der Waals surface area contributed by atoms with E-state index in [9.17, 15) is 9.90 Å². The lowest BCUT2D eigenvalue weighted by Gasteiger charge is -2.35. The molecule has 0 aromatic heterocycles. The van der Waals surface area contributed by atoms with Crippen molar-refractivity contribution < 1.29 is 9.90 Å². The summed E-state index contributed by atoms with van der Waals surface area (Å²) in [6.45, 7) is 6.26. The maximum Gasteiger partial charge on any atom is 0.323 e. The molecule has 0 bridgehead atoms. The molecule has 0 spiro atoms. The molecule has 114 valence electrons. The number of carbonyl (C=O) groups is 1. The van der Waals surface area contributed by atoms with Gasteiger partial charge in [-0.15, -0.1) is 0 Å². The van der Waals surface area contributed by atoms with Crippen LogP contribution in [0, 0.1) is 13.8 Å². The number of hydrogen-bond acceptors (Lipinski definition) is 3. The Bertz CT molecular complexity index is 523. The maximum atomic E-state index is 11.2. The highest BCUT2D eigenvalue weighted by Crippen LogP contribution is 2.37. The number of carboxylic acids is 1. The third kappa shape index (κ3) is 3.05. The molecule has 4 heteroatoms. The summed E-state index contributed by atoms with van der Waals surface area (Å²) in [4.78, 5) is 13.7. The zero-order valence-corrected chi connectivity index (χ0v) is 12.9. The van der Waals surface area contributed by atoms with Gasteiger partial charge in [-0.05, 0) is 62.8 Å². The molecule has 4 nitrogen and oxygen atoms in total. The Labute approximate surface area is 126 Å². The smallest absolute Gasteiger partial charge is 0.323 e. The first-order valence-corrected chi connectivity index (χ1v) is 7.83. The van der Waals surface area contributed by atoms with Gasteiger partial charge in [-0.25, -0.2) is 0 Å². The van der Waals surface area contributed by atoms with Crippen LogP contribution in [0.3, 0.4) is 0 Å². The first kappa shape index (κ1) is 14.4. The van der Waals surface area contributed by atoms with E-state index in [0.717, 1.165) is 38.8 Å². The van der Waals surface area contributed by atoms with Crippen molar-refractivity contribution in [2.24, 2.45) is 0 Å². The molecule has 0 amide bonds. The highest BCUT2D eigenvalue weighted by atomic mass is 16.4. The number of carboxylic acid groups (broad SMARTS) is 1. The second-order valence-electron chi connectivity index (χ2n) is 6.64. The number of rotatable bonds is 4. The van der Waals surface area contributed by atoms with Crippen LogP contribution >= 0.6 is 0 Å². The first-order chi connectivity index (χ1) is 9.98. The second-order valence-corrected chi connectivity index (χ2v) is 6.64. The Morgan fingerprint density at radius 3 is 2.24 bits per heavy atom. The molecule has 2 fully saturated rings. The molecular weight excluding hydrogens is 264 g/mol. The quantitative estimate of drug-likeness (QED) is 0.893. The number of nitrogens with zero attached hydrogens (tertiary/aromatic N) is 1. The standard InChI is InChI=1S/C17H24N2O2/c1-12-9-13(2)11-15(10-12)19-7-3-14(4-8-19)18-17(5-6-17)16(20)21/h9-11,14,18H,3-8H2,1-2H3,(H,20,21). The molecule has 0 radical (unpaired) electrons. The van der Waals surface area contributed by atoms with Crippen LogP contribution in [-0.2, 0) is 4.79 Å². The van der Waals surface area contributed by atoms with Crippen LogP contribution in [0.1, 0.15) is 36.8 Å². The van der Waals surface area contributed by atoms with E-state index < -0.39 is 11.5 Å². The molecule has 0 unspecified atom stereocenters. The van der Waals surface area contributed by atoms with E-state index in [1.807, 2.05) is 0 Å². The molecule has 1 aliphatic carbocycles. The predicted octanol–water partition coefficient (Wildman–Crippen LogP) is 2.48. The van der Waals surface area contributed by atoms with Gasteiger partial charge in [-0.2, -0.15) is 0 Å². The number of benzene rings is 1. The van der Waals surface area contributed by atoms with E-state index in [4.69, 9.17) is 0 Å². The normalized spacial score (nSPS) is 21.3. The molecule has 1 aromatic carbocycles. The van der Waals surface area contributed by atoms with Gasteiger partial charge < -0.3 is 10.0 Å². The van der Waals surface area contributed by atoms with Crippen LogP contribution in [0.5, 0.6) is 0 Å². The summed E-state index contributed by atoms with van der Waals surface area (Å²) in [5, 5.41) is 12.6. The minimum Gasteiger partial charge on any atom is -0.480 e. The first-order valence-electron chi connectivity index (χ1n) is 7.83. The number of nitrogens with one attached hydrogen (secondary N) is 1. The van der Waals surface area contributed by atoms with Gasteiger partial charge in [0.2, 0.25) is 0 Å². The van der Waals surface area contributed by atoms with Crippen LogP contribution in [0.15, 0.2) is 18.2 Å². The SMILES string of the molecule is Cc1cc(C)cc(N2CCC(NC3(C(=O)O)CC3)CC2)c1. The Balaban J connectivity index is 1.59. The van der Waals surface area contributed by atoms with Crippen molar-refractivity contribution in [3.05, 3.63) is 29.3 Å². The molecule has 1 saturated heterocycles. The zero-order chi connectivity index (χ0) is 15.0. The summed E-state index contributed by atoms with van der Waals surface area (Å²) in [5.41, 5.74) is 3.29. The molecule has 0 atom stereocenters. The van der Waals surface area contributed by atoms with E-state index in [1.165, 1.54) is 16.8 Å². The average molecular weight is 288 g/mol. The van der Waals surface area contributed by atoms with Gasteiger partial charge in [-0.1, -0.05) is 6.07 Å². The lowest BCUT2D eigenvalue weighted by atomic mass is 10.0. The zero-order valence-electron chi connectivity index (χ0n) is 12.9. The molecular formula is C17H24N2O2. The van der Waals surface area contributed by atoms with Gasteiger partial charge in [0.15, 0.2) is 0 Å². The molecule has 2 N–H and O–H groups in total. The third-order valence-corrected chi connectivity index (χ3v) is 4.71. The largest absolute Gasteiger partial charge is 0.480 e. The summed E-state index contributed by atoms with van der Waals surface area (Å²) in [6, 6.07) is 7.01. The highest BCUT2D eigenvalue weighted by molar-refractivity contribution is 5.82. The fraction of sp³-hybridized carbons (Fsp3) is 0.588. The van der Waals surface area contributed by atoms with Crippen molar-refractivity contribution in [3.8, 4) is 0 Å².